The van der Waals surface area contributed by atoms with E-state index in [1.807, 2.05) is 4.90 Å². The van der Waals surface area contributed by atoms with Gasteiger partial charge in [-0.05, 0) is 24.8 Å². The van der Waals surface area contributed by atoms with E-state index in [4.69, 9.17) is 16.3 Å². The predicted octanol–water partition coefficient (Wildman–Crippen LogP) is 2.82. The number of alkyl halides is 1. The number of halogens is 2. The van der Waals surface area contributed by atoms with E-state index in [1.54, 1.807) is 19.4 Å². The van der Waals surface area contributed by atoms with Gasteiger partial charge in [0.05, 0.1) is 5.88 Å². The molecule has 1 saturated heterocycles. The maximum Gasteiger partial charge on any atom is 0.170 e. The summed E-state index contributed by atoms with van der Waals surface area (Å²) in [5, 5.41) is 0. The summed E-state index contributed by atoms with van der Waals surface area (Å²) < 4.78 is 19.2. The Balaban J connectivity index is 2.05. The van der Waals surface area contributed by atoms with Crippen molar-refractivity contribution in [2.75, 3.05) is 31.7 Å². The Morgan fingerprint density at radius 1 is 1.50 bits per heavy atom. The van der Waals surface area contributed by atoms with Crippen LogP contribution in [0.1, 0.15) is 18.4 Å². The lowest BCUT2D eigenvalue weighted by Crippen LogP contribution is -2.36. The minimum absolute atomic E-state index is 0.182. The van der Waals surface area contributed by atoms with Crippen molar-refractivity contribution in [3.05, 3.63) is 23.6 Å². The van der Waals surface area contributed by atoms with E-state index in [0.29, 0.717) is 17.3 Å². The first-order chi connectivity index (χ1) is 8.76. The van der Waals surface area contributed by atoms with Gasteiger partial charge in [0.15, 0.2) is 11.6 Å². The molecule has 1 aliphatic heterocycles. The Labute approximate surface area is 112 Å². The molecule has 0 bridgehead atoms. The third-order valence-electron chi connectivity index (χ3n) is 3.41. The number of pyridine rings is 1. The van der Waals surface area contributed by atoms with E-state index >= 15 is 0 Å². The highest BCUT2D eigenvalue weighted by Gasteiger charge is 2.22. The molecule has 5 heteroatoms. The number of ether oxygens (including phenoxy) is 1. The van der Waals surface area contributed by atoms with Crippen molar-refractivity contribution in [1.29, 1.82) is 0 Å². The third-order valence-corrected chi connectivity index (χ3v) is 3.70. The number of piperidine rings is 1. The second-order valence-electron chi connectivity index (χ2n) is 4.63. The van der Waals surface area contributed by atoms with Crippen molar-refractivity contribution in [2.24, 2.45) is 5.92 Å². The van der Waals surface area contributed by atoms with E-state index in [1.165, 1.54) is 0 Å². The van der Waals surface area contributed by atoms with E-state index in [-0.39, 0.29) is 11.7 Å². The molecule has 0 N–H and O–H groups in total. The Morgan fingerprint density at radius 3 is 2.83 bits per heavy atom. The van der Waals surface area contributed by atoms with Crippen LogP contribution in [0.2, 0.25) is 0 Å². The molecule has 0 spiro atoms. The summed E-state index contributed by atoms with van der Waals surface area (Å²) in [5.41, 5.74) is 0.515. The van der Waals surface area contributed by atoms with Gasteiger partial charge in [-0.2, -0.15) is 0 Å². The molecule has 100 valence electrons. The molecule has 0 unspecified atom stereocenters. The second kappa shape index (κ2) is 6.34. The zero-order valence-corrected chi connectivity index (χ0v) is 11.3. The lowest BCUT2D eigenvalue weighted by Gasteiger charge is -2.32. The van der Waals surface area contributed by atoms with E-state index in [0.717, 1.165) is 32.5 Å². The van der Waals surface area contributed by atoms with Crippen LogP contribution in [0.4, 0.5) is 10.2 Å². The smallest absolute Gasteiger partial charge is 0.170 e. The maximum atomic E-state index is 14.1. The molecular weight excluding hydrogens is 255 g/mol. The highest BCUT2D eigenvalue weighted by Crippen LogP contribution is 2.26. The molecule has 2 heterocycles. The molecule has 0 saturated carbocycles. The van der Waals surface area contributed by atoms with Gasteiger partial charge >= 0.3 is 0 Å². The number of hydrogen-bond acceptors (Lipinski definition) is 3. The average molecular weight is 273 g/mol. The number of anilines is 1. The Morgan fingerprint density at radius 2 is 2.22 bits per heavy atom. The SMILES string of the molecule is COCC1CCN(c2nccc(CCl)c2F)CC1. The third kappa shape index (κ3) is 2.93. The molecule has 1 fully saturated rings. The summed E-state index contributed by atoms with van der Waals surface area (Å²) in [5.74, 6) is 0.911. The molecule has 1 aliphatic rings. The first-order valence-corrected chi connectivity index (χ1v) is 6.73. The Bertz CT molecular complexity index is 395. The van der Waals surface area contributed by atoms with Crippen LogP contribution in [0.5, 0.6) is 0 Å². The molecule has 1 aromatic rings. The van der Waals surface area contributed by atoms with Gasteiger partial charge in [-0.1, -0.05) is 0 Å². The highest BCUT2D eigenvalue weighted by molar-refractivity contribution is 6.17. The molecule has 1 aromatic heterocycles. The zero-order chi connectivity index (χ0) is 13.0. The first kappa shape index (κ1) is 13.6. The van der Waals surface area contributed by atoms with Crippen LogP contribution in [0.15, 0.2) is 12.3 Å². The molecule has 18 heavy (non-hydrogen) atoms. The summed E-state index contributed by atoms with van der Waals surface area (Å²) in [7, 11) is 1.72. The maximum absolute atomic E-state index is 14.1. The Kier molecular flexibility index (Phi) is 4.78. The molecule has 3 nitrogen and oxygen atoms in total. The van der Waals surface area contributed by atoms with Crippen LogP contribution in [0.25, 0.3) is 0 Å². The topological polar surface area (TPSA) is 25.4 Å². The molecule has 0 aromatic carbocycles. The summed E-state index contributed by atoms with van der Waals surface area (Å²) in [6.45, 7) is 2.43. The molecular formula is C13H18ClFN2O. The molecule has 0 aliphatic carbocycles. The summed E-state index contributed by atoms with van der Waals surface area (Å²) in [6.07, 6.45) is 3.65. The summed E-state index contributed by atoms with van der Waals surface area (Å²) in [4.78, 5) is 6.14. The van der Waals surface area contributed by atoms with Gasteiger partial charge in [-0.3, -0.25) is 0 Å². The van der Waals surface area contributed by atoms with E-state index in [2.05, 4.69) is 4.98 Å². The van der Waals surface area contributed by atoms with E-state index in [9.17, 15) is 4.39 Å². The number of methoxy groups -OCH3 is 1. The van der Waals surface area contributed by atoms with Gasteiger partial charge in [0.25, 0.3) is 0 Å². The zero-order valence-electron chi connectivity index (χ0n) is 10.5. The largest absolute Gasteiger partial charge is 0.384 e. The van der Waals surface area contributed by atoms with Gasteiger partial charge in [0.2, 0.25) is 0 Å². The van der Waals surface area contributed by atoms with Crippen LogP contribution in [0.3, 0.4) is 0 Å². The standard InChI is InChI=1S/C13H18ClFN2O/c1-18-9-10-3-6-17(7-4-10)13-12(15)11(8-14)2-5-16-13/h2,5,10H,3-4,6-9H2,1H3. The van der Waals surface area contributed by atoms with Crippen molar-refractivity contribution in [3.8, 4) is 0 Å². The van der Waals surface area contributed by atoms with Gasteiger partial charge in [-0.25, -0.2) is 9.37 Å². The van der Waals surface area contributed by atoms with Gasteiger partial charge in [0, 0.05) is 38.6 Å². The quantitative estimate of drug-likeness (QED) is 0.788. The lowest BCUT2D eigenvalue weighted by atomic mass is 9.98. The fraction of sp³-hybridized carbons (Fsp3) is 0.615. The van der Waals surface area contributed by atoms with Crippen LogP contribution in [0, 0.1) is 11.7 Å². The summed E-state index contributed by atoms with van der Waals surface area (Å²) >= 11 is 5.70. The van der Waals surface area contributed by atoms with Crippen LogP contribution < -0.4 is 4.90 Å². The van der Waals surface area contributed by atoms with Crippen molar-refractivity contribution < 1.29 is 9.13 Å². The molecule has 0 radical (unpaired) electrons. The monoisotopic (exact) mass is 272 g/mol. The predicted molar refractivity (Wildman–Crippen MR) is 70.6 cm³/mol. The fourth-order valence-electron chi connectivity index (χ4n) is 2.34. The fourth-order valence-corrected chi connectivity index (χ4v) is 2.55. The minimum Gasteiger partial charge on any atom is -0.384 e. The van der Waals surface area contributed by atoms with Crippen molar-refractivity contribution in [2.45, 2.75) is 18.7 Å². The number of aromatic nitrogens is 1. The van der Waals surface area contributed by atoms with Gasteiger partial charge in [0.1, 0.15) is 0 Å². The van der Waals surface area contributed by atoms with Crippen molar-refractivity contribution >= 4 is 17.4 Å². The highest BCUT2D eigenvalue weighted by atomic mass is 35.5. The van der Waals surface area contributed by atoms with Gasteiger partial charge in [-0.15, -0.1) is 11.6 Å². The normalized spacial score (nSPS) is 17.2. The van der Waals surface area contributed by atoms with E-state index < -0.39 is 0 Å². The number of nitrogens with zero attached hydrogens (tertiary/aromatic N) is 2. The van der Waals surface area contributed by atoms with Crippen LogP contribution in [-0.4, -0.2) is 31.8 Å². The number of hydrogen-bond donors (Lipinski definition) is 0. The van der Waals surface area contributed by atoms with Crippen LogP contribution >= 0.6 is 11.6 Å². The lowest BCUT2D eigenvalue weighted by molar-refractivity contribution is 0.139. The van der Waals surface area contributed by atoms with Crippen molar-refractivity contribution in [1.82, 2.24) is 4.98 Å². The van der Waals surface area contributed by atoms with Crippen molar-refractivity contribution in [3.63, 3.8) is 0 Å². The summed E-state index contributed by atoms with van der Waals surface area (Å²) in [6, 6.07) is 1.63. The molecule has 2 rings (SSSR count). The molecule has 0 amide bonds. The number of rotatable bonds is 4. The first-order valence-electron chi connectivity index (χ1n) is 6.19. The Hall–Kier alpha value is -0.870. The van der Waals surface area contributed by atoms with Gasteiger partial charge < -0.3 is 9.64 Å². The second-order valence-corrected chi connectivity index (χ2v) is 4.89. The molecule has 0 atom stereocenters. The average Bonchev–Trinajstić information content (AvgIpc) is 2.41. The van der Waals surface area contributed by atoms with Crippen LogP contribution in [-0.2, 0) is 10.6 Å². The minimum atomic E-state index is -0.280.